The van der Waals surface area contributed by atoms with Crippen molar-refractivity contribution >= 4 is 21.6 Å². The van der Waals surface area contributed by atoms with E-state index < -0.39 is 22.0 Å². The number of nitrogens with one attached hydrogen (secondary N) is 1. The van der Waals surface area contributed by atoms with Gasteiger partial charge in [-0.3, -0.25) is 9.10 Å². The summed E-state index contributed by atoms with van der Waals surface area (Å²) in [5.74, 6) is 1.71. The van der Waals surface area contributed by atoms with Gasteiger partial charge in [0.05, 0.1) is 30.3 Å². The fourth-order valence-corrected chi connectivity index (χ4v) is 5.64. The third kappa shape index (κ3) is 4.51. The van der Waals surface area contributed by atoms with Crippen LogP contribution < -0.4 is 28.6 Å². The molecule has 36 heavy (non-hydrogen) atoms. The van der Waals surface area contributed by atoms with Gasteiger partial charge in [-0.25, -0.2) is 8.42 Å². The Morgan fingerprint density at radius 1 is 1.00 bits per heavy atom. The van der Waals surface area contributed by atoms with Gasteiger partial charge in [0.2, 0.25) is 0 Å². The minimum Gasteiger partial charge on any atom is -0.497 e. The first-order valence-corrected chi connectivity index (χ1v) is 12.9. The molecule has 0 aliphatic carbocycles. The van der Waals surface area contributed by atoms with E-state index in [9.17, 15) is 13.2 Å². The highest BCUT2D eigenvalue weighted by atomic mass is 32.2. The predicted molar refractivity (Wildman–Crippen MR) is 132 cm³/mol. The minimum absolute atomic E-state index is 0.0869. The second kappa shape index (κ2) is 9.62. The third-order valence-electron chi connectivity index (χ3n) is 6.10. The van der Waals surface area contributed by atoms with Crippen molar-refractivity contribution in [3.05, 3.63) is 72.3 Å². The van der Waals surface area contributed by atoms with Crippen molar-refractivity contribution in [3.8, 4) is 23.0 Å². The topological polar surface area (TPSA) is 103 Å². The second-order valence-corrected chi connectivity index (χ2v) is 10.3. The first-order chi connectivity index (χ1) is 17.4. The quantitative estimate of drug-likeness (QED) is 0.543. The average Bonchev–Trinajstić information content (AvgIpc) is 2.92. The molecule has 5 rings (SSSR count). The lowest BCUT2D eigenvalue weighted by Gasteiger charge is -2.35. The summed E-state index contributed by atoms with van der Waals surface area (Å²) in [6, 6.07) is 18.0. The molecule has 0 spiro atoms. The highest BCUT2D eigenvalue weighted by molar-refractivity contribution is 7.92. The molecule has 10 heteroatoms. The number of carbonyl (C=O) groups is 1. The van der Waals surface area contributed by atoms with E-state index in [1.807, 2.05) is 25.1 Å². The van der Waals surface area contributed by atoms with Gasteiger partial charge in [0, 0.05) is 0 Å². The molecule has 2 atom stereocenters. The molecular formula is C26H26N2O7S. The first-order valence-electron chi connectivity index (χ1n) is 11.5. The first kappa shape index (κ1) is 23.8. The summed E-state index contributed by atoms with van der Waals surface area (Å²) < 4.78 is 50.6. The lowest BCUT2D eigenvalue weighted by atomic mass is 10.1. The molecule has 1 N–H and O–H groups in total. The van der Waals surface area contributed by atoms with Gasteiger partial charge in [0.25, 0.3) is 15.9 Å². The van der Waals surface area contributed by atoms with Gasteiger partial charge in [-0.2, -0.15) is 0 Å². The number of carbonyl (C=O) groups excluding carboxylic acids is 1. The average molecular weight is 511 g/mol. The van der Waals surface area contributed by atoms with Crippen LogP contribution in [0.15, 0.2) is 71.6 Å². The summed E-state index contributed by atoms with van der Waals surface area (Å²) >= 11 is 0. The summed E-state index contributed by atoms with van der Waals surface area (Å²) in [6.07, 6.45) is -1.05. The third-order valence-corrected chi connectivity index (χ3v) is 7.89. The van der Waals surface area contributed by atoms with Crippen molar-refractivity contribution in [2.24, 2.45) is 0 Å². The normalized spacial score (nSPS) is 17.4. The van der Waals surface area contributed by atoms with E-state index in [1.165, 1.54) is 23.5 Å². The molecule has 188 valence electrons. The zero-order valence-corrected chi connectivity index (χ0v) is 20.7. The van der Waals surface area contributed by atoms with Crippen LogP contribution in [0, 0.1) is 0 Å². The van der Waals surface area contributed by atoms with Crippen LogP contribution in [0.2, 0.25) is 0 Å². The number of ether oxygens (including phenoxy) is 4. The number of fused-ring (bicyclic) bond motifs is 2. The highest BCUT2D eigenvalue weighted by Gasteiger charge is 2.38. The Labute approximate surface area is 209 Å². The lowest BCUT2D eigenvalue weighted by Crippen LogP contribution is -2.51. The van der Waals surface area contributed by atoms with Crippen molar-refractivity contribution in [1.29, 1.82) is 0 Å². The Morgan fingerprint density at radius 2 is 1.72 bits per heavy atom. The zero-order valence-electron chi connectivity index (χ0n) is 19.8. The van der Waals surface area contributed by atoms with Crippen LogP contribution in [-0.4, -0.2) is 47.3 Å². The molecular weight excluding hydrogens is 484 g/mol. The molecule has 1 amide bonds. The van der Waals surface area contributed by atoms with Crippen molar-refractivity contribution < 1.29 is 32.2 Å². The number of para-hydroxylation sites is 2. The molecule has 2 aliphatic rings. The van der Waals surface area contributed by atoms with E-state index in [2.05, 4.69) is 5.32 Å². The van der Waals surface area contributed by atoms with Crippen LogP contribution in [0.3, 0.4) is 0 Å². The molecule has 0 aromatic heterocycles. The number of methoxy groups -OCH3 is 1. The Balaban J connectivity index is 1.38. The van der Waals surface area contributed by atoms with Crippen molar-refractivity contribution in [1.82, 2.24) is 5.32 Å². The van der Waals surface area contributed by atoms with Crippen molar-refractivity contribution in [2.75, 3.05) is 31.2 Å². The number of rotatable bonds is 6. The number of hydrogen-bond donors (Lipinski definition) is 1. The van der Waals surface area contributed by atoms with E-state index in [1.54, 1.807) is 36.4 Å². The maximum Gasteiger partial charge on any atom is 0.264 e. The van der Waals surface area contributed by atoms with Gasteiger partial charge in [-0.05, 0) is 61.0 Å². The Hall–Kier alpha value is -3.92. The maximum atomic E-state index is 13.6. The largest absolute Gasteiger partial charge is 0.497 e. The Bertz CT molecular complexity index is 1380. The summed E-state index contributed by atoms with van der Waals surface area (Å²) in [7, 11) is -2.46. The molecule has 0 saturated heterocycles. The minimum atomic E-state index is -3.97. The van der Waals surface area contributed by atoms with Gasteiger partial charge < -0.3 is 24.3 Å². The van der Waals surface area contributed by atoms with Crippen molar-refractivity contribution in [3.63, 3.8) is 0 Å². The lowest BCUT2D eigenvalue weighted by molar-refractivity contribution is -0.128. The van der Waals surface area contributed by atoms with Crippen LogP contribution in [0.5, 0.6) is 23.0 Å². The van der Waals surface area contributed by atoms with E-state index in [-0.39, 0.29) is 17.5 Å². The van der Waals surface area contributed by atoms with E-state index in [4.69, 9.17) is 18.9 Å². The van der Waals surface area contributed by atoms with Crippen LogP contribution >= 0.6 is 0 Å². The molecule has 0 bridgehead atoms. The van der Waals surface area contributed by atoms with Gasteiger partial charge in [-0.1, -0.05) is 18.2 Å². The second-order valence-electron chi connectivity index (χ2n) is 8.42. The van der Waals surface area contributed by atoms with E-state index in [0.29, 0.717) is 41.9 Å². The summed E-state index contributed by atoms with van der Waals surface area (Å²) in [6.45, 7) is 2.62. The van der Waals surface area contributed by atoms with Gasteiger partial charge >= 0.3 is 0 Å². The van der Waals surface area contributed by atoms with E-state index in [0.717, 1.165) is 5.56 Å². The number of benzene rings is 3. The summed E-state index contributed by atoms with van der Waals surface area (Å²) in [5.41, 5.74) is 1.20. The molecule has 2 heterocycles. The van der Waals surface area contributed by atoms with Crippen LogP contribution in [0.4, 0.5) is 5.69 Å². The van der Waals surface area contributed by atoms with Crippen LogP contribution in [-0.2, 0) is 14.8 Å². The monoisotopic (exact) mass is 510 g/mol. The molecule has 2 aliphatic heterocycles. The number of hydrogen-bond acceptors (Lipinski definition) is 7. The standard InChI is InChI=1S/C26H26N2O7S/c1-17(18-7-12-23-24(15-18)34-14-13-33-23)27-26(29)25-16-28(21-5-3-4-6-22(21)35-25)36(30,31)20-10-8-19(32-2)9-11-20/h3-12,15,17,25H,13-14,16H2,1-2H3,(H,27,29)/t17-,25-/m0/s1. The predicted octanol–water partition coefficient (Wildman–Crippen LogP) is 3.30. The molecule has 0 unspecified atom stereocenters. The SMILES string of the molecule is COc1ccc(S(=O)(=O)N2C[C@@H](C(=O)N[C@@H](C)c3ccc4c(c3)OCCO4)Oc3ccccc32)cc1. The maximum absolute atomic E-state index is 13.6. The highest BCUT2D eigenvalue weighted by Crippen LogP contribution is 2.37. The molecule has 0 fully saturated rings. The number of anilines is 1. The Morgan fingerprint density at radius 3 is 2.47 bits per heavy atom. The molecule has 9 nitrogen and oxygen atoms in total. The summed E-state index contributed by atoms with van der Waals surface area (Å²) in [4.78, 5) is 13.3. The number of nitrogens with zero attached hydrogens (tertiary/aromatic N) is 1. The smallest absolute Gasteiger partial charge is 0.264 e. The van der Waals surface area contributed by atoms with E-state index >= 15 is 0 Å². The van der Waals surface area contributed by atoms with Gasteiger partial charge in [0.1, 0.15) is 24.7 Å². The molecule has 0 saturated carbocycles. The molecule has 3 aromatic carbocycles. The van der Waals surface area contributed by atoms with Crippen LogP contribution in [0.1, 0.15) is 18.5 Å². The van der Waals surface area contributed by atoms with Crippen molar-refractivity contribution in [2.45, 2.75) is 24.0 Å². The number of amides is 1. The molecule has 3 aromatic rings. The number of sulfonamides is 1. The van der Waals surface area contributed by atoms with Gasteiger partial charge in [-0.15, -0.1) is 0 Å². The Kier molecular flexibility index (Phi) is 6.36. The van der Waals surface area contributed by atoms with Gasteiger partial charge in [0.15, 0.2) is 17.6 Å². The van der Waals surface area contributed by atoms with Crippen LogP contribution in [0.25, 0.3) is 0 Å². The fourth-order valence-electron chi connectivity index (χ4n) is 4.16. The molecule has 0 radical (unpaired) electrons. The summed E-state index contributed by atoms with van der Waals surface area (Å²) in [5, 5.41) is 2.93. The fraction of sp³-hybridized carbons (Fsp3) is 0.269. The zero-order chi connectivity index (χ0) is 25.3.